The fraction of sp³-hybridized carbons (Fsp3) is 0.579. The third-order valence-corrected chi connectivity index (χ3v) is 6.23. The van der Waals surface area contributed by atoms with Gasteiger partial charge < -0.3 is 4.90 Å². The average Bonchev–Trinajstić information content (AvgIpc) is 2.44. The van der Waals surface area contributed by atoms with Gasteiger partial charge in [-0.1, -0.05) is 24.3 Å². The lowest BCUT2D eigenvalue weighted by molar-refractivity contribution is 0.0408. The second-order valence-corrected chi connectivity index (χ2v) is 7.64. The summed E-state index contributed by atoms with van der Waals surface area (Å²) in [5.41, 5.74) is 4.96. The van der Waals surface area contributed by atoms with Crippen molar-refractivity contribution in [1.82, 2.24) is 0 Å². The van der Waals surface area contributed by atoms with Crippen LogP contribution >= 0.6 is 0 Å². The second kappa shape index (κ2) is 4.13. The van der Waals surface area contributed by atoms with Crippen LogP contribution in [-0.4, -0.2) is 14.1 Å². The smallest absolute Gasteiger partial charge is 0.0361 e. The van der Waals surface area contributed by atoms with E-state index in [-0.39, 0.29) is 0 Å². The molecule has 2 unspecified atom stereocenters. The van der Waals surface area contributed by atoms with E-state index in [1.54, 1.807) is 11.1 Å². The van der Waals surface area contributed by atoms with Gasteiger partial charge in [0.2, 0.25) is 0 Å². The van der Waals surface area contributed by atoms with Gasteiger partial charge in [0.15, 0.2) is 0 Å². The van der Waals surface area contributed by atoms with Gasteiger partial charge in [-0.2, -0.15) is 0 Å². The van der Waals surface area contributed by atoms with Crippen molar-refractivity contribution in [2.75, 3.05) is 19.0 Å². The van der Waals surface area contributed by atoms with Crippen molar-refractivity contribution >= 4 is 5.69 Å². The maximum Gasteiger partial charge on any atom is 0.0361 e. The highest BCUT2D eigenvalue weighted by atomic mass is 15.1. The first-order chi connectivity index (χ1) is 9.57. The molecular formula is C19H25N. The molecule has 4 aliphatic rings. The second-order valence-electron chi connectivity index (χ2n) is 7.64. The van der Waals surface area contributed by atoms with Crippen molar-refractivity contribution in [1.29, 1.82) is 0 Å². The molecule has 106 valence electrons. The van der Waals surface area contributed by atoms with Crippen molar-refractivity contribution in [3.63, 3.8) is 0 Å². The van der Waals surface area contributed by atoms with Crippen LogP contribution in [0, 0.1) is 17.8 Å². The molecule has 0 saturated heterocycles. The molecule has 1 aromatic carbocycles. The van der Waals surface area contributed by atoms with E-state index in [2.05, 4.69) is 49.8 Å². The molecule has 4 bridgehead atoms. The van der Waals surface area contributed by atoms with Crippen LogP contribution in [0.3, 0.4) is 0 Å². The predicted octanol–water partition coefficient (Wildman–Crippen LogP) is 4.39. The van der Waals surface area contributed by atoms with Crippen LogP contribution in [0.1, 0.15) is 37.7 Å². The lowest BCUT2D eigenvalue weighted by Crippen LogP contribution is -2.49. The number of hydrogen-bond donors (Lipinski definition) is 0. The maximum absolute atomic E-state index is 4.41. The number of nitrogens with zero attached hydrogens (tertiary/aromatic N) is 1. The SMILES string of the molecule is C=C1[C@@H]2CC3C[C@H]1CC(c1ccc(N(C)C)cc1)(C3)C2. The summed E-state index contributed by atoms with van der Waals surface area (Å²) in [7, 11) is 4.23. The van der Waals surface area contributed by atoms with Gasteiger partial charge >= 0.3 is 0 Å². The number of hydrogen-bond acceptors (Lipinski definition) is 1. The predicted molar refractivity (Wildman–Crippen MR) is 85.1 cm³/mol. The molecule has 0 heterocycles. The summed E-state index contributed by atoms with van der Waals surface area (Å²) in [5.74, 6) is 2.59. The van der Waals surface area contributed by atoms with Crippen LogP contribution in [0.5, 0.6) is 0 Å². The van der Waals surface area contributed by atoms with Gasteiger partial charge in [-0.3, -0.25) is 0 Å². The van der Waals surface area contributed by atoms with Crippen molar-refractivity contribution in [3.05, 3.63) is 42.0 Å². The van der Waals surface area contributed by atoms with E-state index in [0.717, 1.165) is 17.8 Å². The summed E-state index contributed by atoms with van der Waals surface area (Å²) in [6.45, 7) is 4.41. The highest BCUT2D eigenvalue weighted by Gasteiger charge is 2.53. The molecule has 1 heteroatoms. The van der Waals surface area contributed by atoms with Crippen LogP contribution in [0.15, 0.2) is 36.4 Å². The third kappa shape index (κ3) is 1.68. The Kier molecular flexibility index (Phi) is 2.58. The van der Waals surface area contributed by atoms with E-state index in [1.165, 1.54) is 37.8 Å². The Balaban J connectivity index is 1.69. The van der Waals surface area contributed by atoms with E-state index in [9.17, 15) is 0 Å². The van der Waals surface area contributed by atoms with Gasteiger partial charge in [0.25, 0.3) is 0 Å². The Morgan fingerprint density at radius 2 is 1.60 bits per heavy atom. The van der Waals surface area contributed by atoms with Crippen LogP contribution < -0.4 is 4.90 Å². The first-order valence-electron chi connectivity index (χ1n) is 8.04. The summed E-state index contributed by atoms with van der Waals surface area (Å²) in [6.07, 6.45) is 6.99. The lowest BCUT2D eigenvalue weighted by atomic mass is 9.47. The van der Waals surface area contributed by atoms with Crippen LogP contribution in [0.2, 0.25) is 0 Å². The molecule has 1 nitrogen and oxygen atoms in total. The molecule has 1 aromatic rings. The van der Waals surface area contributed by atoms with E-state index in [0.29, 0.717) is 5.41 Å². The average molecular weight is 267 g/mol. The van der Waals surface area contributed by atoms with E-state index < -0.39 is 0 Å². The molecule has 4 aliphatic carbocycles. The minimum Gasteiger partial charge on any atom is -0.378 e. The molecule has 5 rings (SSSR count). The molecule has 4 saturated carbocycles. The number of benzene rings is 1. The summed E-state index contributed by atoms with van der Waals surface area (Å²) in [5, 5.41) is 0. The molecule has 4 fully saturated rings. The topological polar surface area (TPSA) is 3.24 Å². The van der Waals surface area contributed by atoms with Gasteiger partial charge in [0.1, 0.15) is 0 Å². The fourth-order valence-electron chi connectivity index (χ4n) is 5.35. The van der Waals surface area contributed by atoms with Gasteiger partial charge in [-0.25, -0.2) is 0 Å². The van der Waals surface area contributed by atoms with Crippen LogP contribution in [0.4, 0.5) is 5.69 Å². The molecular weight excluding hydrogens is 242 g/mol. The number of allylic oxidation sites excluding steroid dienone is 1. The van der Waals surface area contributed by atoms with Crippen molar-refractivity contribution in [2.45, 2.75) is 37.5 Å². The molecule has 0 radical (unpaired) electrons. The minimum atomic E-state index is 0.475. The van der Waals surface area contributed by atoms with Gasteiger partial charge in [-0.15, -0.1) is 0 Å². The quantitative estimate of drug-likeness (QED) is 0.718. The maximum atomic E-state index is 4.41. The molecule has 0 aliphatic heterocycles. The molecule has 20 heavy (non-hydrogen) atoms. The first kappa shape index (κ1) is 12.5. The number of rotatable bonds is 2. The zero-order valence-corrected chi connectivity index (χ0v) is 12.7. The zero-order valence-electron chi connectivity index (χ0n) is 12.7. The highest BCUT2D eigenvalue weighted by Crippen LogP contribution is 2.62. The molecule has 0 spiro atoms. The van der Waals surface area contributed by atoms with Gasteiger partial charge in [0.05, 0.1) is 0 Å². The summed E-state index contributed by atoms with van der Waals surface area (Å²) < 4.78 is 0. The zero-order chi connectivity index (χ0) is 13.9. The normalized spacial score (nSPS) is 38.3. The molecule has 0 amide bonds. The Morgan fingerprint density at radius 3 is 2.15 bits per heavy atom. The van der Waals surface area contributed by atoms with E-state index >= 15 is 0 Å². The standard InChI is InChI=1S/C19H25N/c1-13-15-8-14-9-16(13)12-19(10-14,11-15)17-4-6-18(7-5-17)20(2)3/h4-7,14-16H,1,8-12H2,2-3H3/t14?,15-,16+,19?. The fourth-order valence-corrected chi connectivity index (χ4v) is 5.35. The van der Waals surface area contributed by atoms with Crippen LogP contribution in [0.25, 0.3) is 0 Å². The molecule has 4 atom stereocenters. The summed E-state index contributed by atoms with van der Waals surface area (Å²) >= 11 is 0. The summed E-state index contributed by atoms with van der Waals surface area (Å²) in [6, 6.07) is 9.38. The Labute approximate surface area is 122 Å². The largest absolute Gasteiger partial charge is 0.378 e. The van der Waals surface area contributed by atoms with E-state index in [1.807, 2.05) is 0 Å². The van der Waals surface area contributed by atoms with Gasteiger partial charge in [-0.05, 0) is 73.0 Å². The van der Waals surface area contributed by atoms with E-state index in [4.69, 9.17) is 0 Å². The lowest BCUT2D eigenvalue weighted by Gasteiger charge is -2.58. The number of anilines is 1. The van der Waals surface area contributed by atoms with Crippen LogP contribution in [-0.2, 0) is 5.41 Å². The van der Waals surface area contributed by atoms with Crippen molar-refractivity contribution in [3.8, 4) is 0 Å². The summed E-state index contributed by atoms with van der Waals surface area (Å²) in [4.78, 5) is 2.19. The first-order valence-corrected chi connectivity index (χ1v) is 8.04. The van der Waals surface area contributed by atoms with Gasteiger partial charge in [0, 0.05) is 19.8 Å². The van der Waals surface area contributed by atoms with Crippen molar-refractivity contribution < 1.29 is 0 Å². The third-order valence-electron chi connectivity index (χ3n) is 6.23. The molecule has 0 N–H and O–H groups in total. The van der Waals surface area contributed by atoms with Crippen molar-refractivity contribution in [2.24, 2.45) is 17.8 Å². The molecule has 0 aromatic heterocycles. The Hall–Kier alpha value is -1.24. The minimum absolute atomic E-state index is 0.475. The monoisotopic (exact) mass is 267 g/mol. The Morgan fingerprint density at radius 1 is 1.00 bits per heavy atom. The highest BCUT2D eigenvalue weighted by molar-refractivity contribution is 5.48. The Bertz CT molecular complexity index is 521.